The van der Waals surface area contributed by atoms with Gasteiger partial charge in [0.1, 0.15) is 0 Å². The Morgan fingerprint density at radius 2 is 1.68 bits per heavy atom. The van der Waals surface area contributed by atoms with E-state index in [1.807, 2.05) is 79.7 Å². The van der Waals surface area contributed by atoms with Gasteiger partial charge in [-0.2, -0.15) is 0 Å². The van der Waals surface area contributed by atoms with Crippen molar-refractivity contribution in [2.45, 2.75) is 30.2 Å². The van der Waals surface area contributed by atoms with Crippen LogP contribution in [0, 0.1) is 6.92 Å². The first kappa shape index (κ1) is 29.1. The normalized spacial score (nSPS) is 15.6. The molecule has 0 saturated heterocycles. The number of aryl methyl sites for hydroxylation is 1. The van der Waals surface area contributed by atoms with Gasteiger partial charge in [0.25, 0.3) is 10.0 Å². The van der Waals surface area contributed by atoms with Crippen molar-refractivity contribution in [2.75, 3.05) is 7.11 Å². The Kier molecular flexibility index (Phi) is 8.66. The van der Waals surface area contributed by atoms with Crippen molar-refractivity contribution in [3.05, 3.63) is 134 Å². The molecular formula is C32H28BrClN2O4S. The molecule has 41 heavy (non-hydrogen) atoms. The van der Waals surface area contributed by atoms with Gasteiger partial charge in [-0.1, -0.05) is 93.8 Å². The fourth-order valence-corrected chi connectivity index (χ4v) is 6.57. The maximum absolute atomic E-state index is 13.9. The molecule has 0 fully saturated rings. The second-order valence-electron chi connectivity index (χ2n) is 9.83. The Balaban J connectivity index is 1.75. The molecule has 0 radical (unpaired) electrons. The summed E-state index contributed by atoms with van der Waals surface area (Å²) >= 11 is 10.0. The lowest BCUT2D eigenvalue weighted by atomic mass is 9.80. The number of carbonyl (C=O) groups excluding carboxylic acids is 1. The standard InChI is InChI=1S/C32H28BrClN2O4S/c1-21-8-16-27(17-9-21)41(38,39)35-36-30(23-6-4-3-5-7-23)18-24-12-15-26(34)19-28(24)32(36)29(20-31(37)40-2)22-10-13-25(33)14-11-22/h3-19,29,32,35H,20H2,1-2H3/t29-,32+/m0/s1. The maximum atomic E-state index is 13.9. The summed E-state index contributed by atoms with van der Waals surface area (Å²) in [6, 6.07) is 28.7. The highest BCUT2D eigenvalue weighted by Crippen LogP contribution is 2.47. The topological polar surface area (TPSA) is 75.7 Å². The van der Waals surface area contributed by atoms with Gasteiger partial charge >= 0.3 is 5.97 Å². The number of fused-ring (bicyclic) bond motifs is 1. The molecule has 2 atom stereocenters. The van der Waals surface area contributed by atoms with Gasteiger partial charge in [-0.3, -0.25) is 9.80 Å². The molecule has 9 heteroatoms. The molecule has 1 aliphatic rings. The minimum atomic E-state index is -4.04. The third-order valence-corrected chi connectivity index (χ3v) is 9.20. The van der Waals surface area contributed by atoms with Gasteiger partial charge in [0.15, 0.2) is 0 Å². The summed E-state index contributed by atoms with van der Waals surface area (Å²) < 4.78 is 33.8. The van der Waals surface area contributed by atoms with Crippen molar-refractivity contribution >= 4 is 55.3 Å². The summed E-state index contributed by atoms with van der Waals surface area (Å²) in [4.78, 5) is 15.9. The third-order valence-electron chi connectivity index (χ3n) is 7.11. The lowest BCUT2D eigenvalue weighted by Gasteiger charge is -2.43. The molecule has 1 aliphatic heterocycles. The van der Waals surface area contributed by atoms with Crippen LogP contribution in [0.5, 0.6) is 0 Å². The number of ether oxygens (including phenoxy) is 1. The van der Waals surface area contributed by atoms with Crippen LogP contribution < -0.4 is 4.83 Å². The summed E-state index contributed by atoms with van der Waals surface area (Å²) in [6.45, 7) is 1.90. The van der Waals surface area contributed by atoms with Gasteiger partial charge in [0, 0.05) is 15.4 Å². The zero-order valence-corrected chi connectivity index (χ0v) is 25.6. The molecule has 0 aliphatic carbocycles. The Labute approximate surface area is 253 Å². The number of sulfonamides is 1. The van der Waals surface area contributed by atoms with Crippen LogP contribution in [0.25, 0.3) is 11.8 Å². The number of carbonyl (C=O) groups is 1. The predicted octanol–water partition coefficient (Wildman–Crippen LogP) is 7.51. The van der Waals surface area contributed by atoms with Crippen LogP contribution in [-0.4, -0.2) is 26.5 Å². The minimum Gasteiger partial charge on any atom is -0.469 e. The molecule has 0 bridgehead atoms. The Hall–Kier alpha value is -3.43. The largest absolute Gasteiger partial charge is 0.469 e. The van der Waals surface area contributed by atoms with E-state index < -0.39 is 28.0 Å². The summed E-state index contributed by atoms with van der Waals surface area (Å²) in [5.74, 6) is -0.931. The Morgan fingerprint density at radius 1 is 1.00 bits per heavy atom. The molecule has 210 valence electrons. The first-order valence-corrected chi connectivity index (χ1v) is 15.6. The molecule has 4 aromatic rings. The van der Waals surface area contributed by atoms with Crippen LogP contribution in [0.3, 0.4) is 0 Å². The summed E-state index contributed by atoms with van der Waals surface area (Å²) in [6.07, 6.45) is 1.94. The van der Waals surface area contributed by atoms with Crippen LogP contribution in [-0.2, 0) is 19.6 Å². The van der Waals surface area contributed by atoms with Crippen molar-refractivity contribution in [1.82, 2.24) is 9.84 Å². The minimum absolute atomic E-state index is 0.000415. The number of hydrogen-bond donors (Lipinski definition) is 1. The highest BCUT2D eigenvalue weighted by atomic mass is 79.9. The van der Waals surface area contributed by atoms with E-state index in [0.717, 1.165) is 32.3 Å². The van der Waals surface area contributed by atoms with E-state index in [4.69, 9.17) is 16.3 Å². The molecular weight excluding hydrogens is 624 g/mol. The van der Waals surface area contributed by atoms with Gasteiger partial charge in [0.2, 0.25) is 0 Å². The van der Waals surface area contributed by atoms with Crippen LogP contribution in [0.2, 0.25) is 5.02 Å². The predicted molar refractivity (Wildman–Crippen MR) is 165 cm³/mol. The number of benzene rings is 4. The van der Waals surface area contributed by atoms with E-state index in [0.29, 0.717) is 10.7 Å². The highest BCUT2D eigenvalue weighted by Gasteiger charge is 2.39. The van der Waals surface area contributed by atoms with E-state index in [-0.39, 0.29) is 11.3 Å². The average molecular weight is 652 g/mol. The molecule has 0 amide bonds. The van der Waals surface area contributed by atoms with Crippen molar-refractivity contribution in [3.63, 3.8) is 0 Å². The van der Waals surface area contributed by atoms with Gasteiger partial charge in [-0.25, -0.2) is 8.42 Å². The van der Waals surface area contributed by atoms with E-state index in [1.54, 1.807) is 35.3 Å². The van der Waals surface area contributed by atoms with Gasteiger partial charge in [0.05, 0.1) is 30.2 Å². The number of rotatable bonds is 8. The lowest BCUT2D eigenvalue weighted by Crippen LogP contribution is -2.46. The SMILES string of the molecule is COC(=O)C[C@@H](c1ccc(Br)cc1)[C@H]1c2cc(Cl)ccc2C=C(c2ccccc2)N1NS(=O)(=O)c1ccc(C)cc1. The van der Waals surface area contributed by atoms with Crippen molar-refractivity contribution in [3.8, 4) is 0 Å². The molecule has 0 saturated carbocycles. The molecule has 5 rings (SSSR count). The van der Waals surface area contributed by atoms with Crippen molar-refractivity contribution in [1.29, 1.82) is 0 Å². The number of methoxy groups -OCH3 is 1. The number of halogens is 2. The van der Waals surface area contributed by atoms with Crippen LogP contribution in [0.15, 0.2) is 106 Å². The second-order valence-corrected chi connectivity index (χ2v) is 12.8. The molecule has 0 unspecified atom stereocenters. The summed E-state index contributed by atoms with van der Waals surface area (Å²) in [7, 11) is -2.69. The third kappa shape index (κ3) is 6.41. The smallest absolute Gasteiger partial charge is 0.306 e. The molecule has 6 nitrogen and oxygen atoms in total. The molecule has 4 aromatic carbocycles. The van der Waals surface area contributed by atoms with E-state index in [1.165, 1.54) is 7.11 Å². The quantitative estimate of drug-likeness (QED) is 0.200. The number of nitrogens with zero attached hydrogens (tertiary/aromatic N) is 1. The van der Waals surface area contributed by atoms with Crippen LogP contribution >= 0.6 is 27.5 Å². The molecule has 0 spiro atoms. The van der Waals surface area contributed by atoms with E-state index >= 15 is 0 Å². The molecule has 1 N–H and O–H groups in total. The number of esters is 1. The highest BCUT2D eigenvalue weighted by molar-refractivity contribution is 9.10. The molecule has 1 heterocycles. The monoisotopic (exact) mass is 650 g/mol. The lowest BCUT2D eigenvalue weighted by molar-refractivity contribution is -0.141. The van der Waals surface area contributed by atoms with Gasteiger partial charge in [-0.15, -0.1) is 4.83 Å². The van der Waals surface area contributed by atoms with E-state index in [2.05, 4.69) is 20.8 Å². The van der Waals surface area contributed by atoms with E-state index in [9.17, 15) is 13.2 Å². The number of hydrazine groups is 1. The zero-order chi connectivity index (χ0) is 29.1. The average Bonchev–Trinajstić information content (AvgIpc) is 2.97. The van der Waals surface area contributed by atoms with Crippen LogP contribution in [0.1, 0.15) is 46.2 Å². The van der Waals surface area contributed by atoms with Crippen molar-refractivity contribution in [2.24, 2.45) is 0 Å². The first-order chi connectivity index (χ1) is 19.7. The van der Waals surface area contributed by atoms with Crippen LogP contribution in [0.4, 0.5) is 0 Å². The second kappa shape index (κ2) is 12.2. The first-order valence-electron chi connectivity index (χ1n) is 12.9. The van der Waals surface area contributed by atoms with Crippen molar-refractivity contribution < 1.29 is 17.9 Å². The summed E-state index contributed by atoms with van der Waals surface area (Å²) in [5, 5.41) is 2.15. The Bertz CT molecular complexity index is 1690. The van der Waals surface area contributed by atoms with Gasteiger partial charge in [-0.05, 0) is 71.7 Å². The van der Waals surface area contributed by atoms with Gasteiger partial charge < -0.3 is 4.74 Å². The fourth-order valence-electron chi connectivity index (χ4n) is 5.06. The zero-order valence-electron chi connectivity index (χ0n) is 22.4. The molecule has 0 aromatic heterocycles. The number of hydrogen-bond acceptors (Lipinski definition) is 5. The maximum Gasteiger partial charge on any atom is 0.306 e. The summed E-state index contributed by atoms with van der Waals surface area (Å²) in [5.41, 5.74) is 4.87. The number of nitrogens with one attached hydrogen (secondary N) is 1. The fraction of sp³-hybridized carbons (Fsp3) is 0.156. The Morgan fingerprint density at radius 3 is 2.34 bits per heavy atom.